The molecule has 1 fully saturated rings. The molecule has 204 valence electrons. The van der Waals surface area contributed by atoms with E-state index >= 15 is 0 Å². The average Bonchev–Trinajstić information content (AvgIpc) is 3.41. The van der Waals surface area contributed by atoms with Gasteiger partial charge in [0.1, 0.15) is 22.8 Å². The van der Waals surface area contributed by atoms with E-state index in [0.717, 1.165) is 50.5 Å². The Hall–Kier alpha value is -4.21. The van der Waals surface area contributed by atoms with E-state index in [0.29, 0.717) is 46.1 Å². The number of hydrogen-bond acceptors (Lipinski definition) is 8. The molecule has 0 unspecified atom stereocenters. The summed E-state index contributed by atoms with van der Waals surface area (Å²) in [5.41, 5.74) is 2.27. The highest BCUT2D eigenvalue weighted by molar-refractivity contribution is 6.30. The van der Waals surface area contributed by atoms with Crippen LogP contribution in [-0.2, 0) is 0 Å². The third-order valence-corrected chi connectivity index (χ3v) is 6.91. The van der Waals surface area contributed by atoms with E-state index in [1.807, 2.05) is 54.6 Å². The Morgan fingerprint density at radius 2 is 1.55 bits per heavy atom. The Labute approximate surface area is 236 Å². The number of nitrogens with zero attached hydrogens (tertiary/aromatic N) is 5. The Bertz CT molecular complexity index is 1550. The van der Waals surface area contributed by atoms with E-state index in [2.05, 4.69) is 24.8 Å². The highest BCUT2D eigenvalue weighted by Gasteiger charge is 2.18. The van der Waals surface area contributed by atoms with Crippen molar-refractivity contribution >= 4 is 28.6 Å². The Morgan fingerprint density at radius 3 is 2.30 bits per heavy atom. The summed E-state index contributed by atoms with van der Waals surface area (Å²) in [5, 5.41) is 0.658. The molecule has 8 nitrogen and oxygen atoms in total. The number of halogens is 2. The number of fused-ring (bicyclic) bond motifs is 1. The van der Waals surface area contributed by atoms with E-state index in [-0.39, 0.29) is 0 Å². The summed E-state index contributed by atoms with van der Waals surface area (Å²) in [7, 11) is 0. The van der Waals surface area contributed by atoms with Crippen molar-refractivity contribution in [2.45, 2.75) is 6.42 Å². The third kappa shape index (κ3) is 6.32. The second-order valence-electron chi connectivity index (χ2n) is 9.46. The molecule has 40 heavy (non-hydrogen) atoms. The molecule has 6 rings (SSSR count). The molecular formula is C30H27ClFN5O3. The molecule has 3 heterocycles. The summed E-state index contributed by atoms with van der Waals surface area (Å²) in [4.78, 5) is 17.3. The molecule has 3 aromatic carbocycles. The van der Waals surface area contributed by atoms with Crippen molar-refractivity contribution in [1.29, 1.82) is 0 Å². The van der Waals surface area contributed by atoms with E-state index in [4.69, 9.17) is 25.5 Å². The van der Waals surface area contributed by atoms with Gasteiger partial charge in [-0.3, -0.25) is 4.90 Å². The first-order valence-corrected chi connectivity index (χ1v) is 13.5. The number of hydrogen-bond donors (Lipinski definition) is 0. The number of aromatic nitrogens is 3. The van der Waals surface area contributed by atoms with Gasteiger partial charge in [-0.2, -0.15) is 0 Å². The van der Waals surface area contributed by atoms with Crippen molar-refractivity contribution in [2.75, 3.05) is 44.2 Å². The molecule has 0 radical (unpaired) electrons. The second kappa shape index (κ2) is 11.9. The van der Waals surface area contributed by atoms with Gasteiger partial charge in [0.05, 0.1) is 19.0 Å². The molecule has 2 aromatic heterocycles. The molecule has 1 aliphatic rings. The van der Waals surface area contributed by atoms with Crippen LogP contribution in [0.15, 0.2) is 83.5 Å². The van der Waals surface area contributed by atoms with Crippen LogP contribution in [-0.4, -0.2) is 59.2 Å². The van der Waals surface area contributed by atoms with Gasteiger partial charge in [0.25, 0.3) is 0 Å². The number of anilines is 1. The number of piperazine rings is 1. The zero-order valence-corrected chi connectivity index (χ0v) is 22.4. The summed E-state index contributed by atoms with van der Waals surface area (Å²) in [6.07, 6.45) is 3.34. The maximum Gasteiger partial charge on any atom is 0.227 e. The van der Waals surface area contributed by atoms with Crippen molar-refractivity contribution in [3.63, 3.8) is 0 Å². The lowest BCUT2D eigenvalue weighted by molar-refractivity contribution is 0.224. The Morgan fingerprint density at radius 1 is 0.850 bits per heavy atom. The summed E-state index contributed by atoms with van der Waals surface area (Å²) in [6, 6.07) is 20.5. The highest BCUT2D eigenvalue weighted by Crippen LogP contribution is 2.30. The van der Waals surface area contributed by atoms with E-state index in [1.165, 1.54) is 12.4 Å². The molecule has 0 saturated carbocycles. The summed E-state index contributed by atoms with van der Waals surface area (Å²) in [5.74, 6) is 2.87. The van der Waals surface area contributed by atoms with E-state index in [9.17, 15) is 4.39 Å². The fourth-order valence-corrected chi connectivity index (χ4v) is 4.67. The normalized spacial score (nSPS) is 14.0. The van der Waals surface area contributed by atoms with Gasteiger partial charge >= 0.3 is 0 Å². The van der Waals surface area contributed by atoms with Crippen molar-refractivity contribution in [1.82, 2.24) is 19.9 Å². The predicted molar refractivity (Wildman–Crippen MR) is 152 cm³/mol. The lowest BCUT2D eigenvalue weighted by Crippen LogP contribution is -2.47. The van der Waals surface area contributed by atoms with Crippen LogP contribution in [0.2, 0.25) is 5.02 Å². The molecule has 0 bridgehead atoms. The monoisotopic (exact) mass is 559 g/mol. The molecule has 0 N–H and O–H groups in total. The van der Waals surface area contributed by atoms with Crippen LogP contribution >= 0.6 is 11.6 Å². The number of rotatable bonds is 9. The first kappa shape index (κ1) is 26.0. The average molecular weight is 560 g/mol. The molecule has 0 spiro atoms. The fourth-order valence-electron chi connectivity index (χ4n) is 4.55. The maximum absolute atomic E-state index is 13.0. The zero-order chi connectivity index (χ0) is 27.3. The van der Waals surface area contributed by atoms with Crippen molar-refractivity contribution in [3.05, 3.63) is 90.0 Å². The Kier molecular flexibility index (Phi) is 7.74. The van der Waals surface area contributed by atoms with Crippen molar-refractivity contribution in [3.8, 4) is 28.7 Å². The van der Waals surface area contributed by atoms with Gasteiger partial charge in [0.2, 0.25) is 11.8 Å². The topological polar surface area (TPSA) is 76.8 Å². The quantitative estimate of drug-likeness (QED) is 0.190. The first-order valence-electron chi connectivity index (χ1n) is 13.1. The molecule has 0 aliphatic carbocycles. The summed E-state index contributed by atoms with van der Waals surface area (Å²) < 4.78 is 30.9. The SMILES string of the molecule is Fc1cnc(N2CCN(CCCOc3ccc(-c4nc5cc(Oc6ccc(Cl)cc6)ccc5o4)cc3)CC2)nc1. The maximum atomic E-state index is 13.0. The first-order chi connectivity index (χ1) is 19.6. The molecule has 10 heteroatoms. The number of ether oxygens (including phenoxy) is 2. The van der Waals surface area contributed by atoms with Crippen LogP contribution in [0, 0.1) is 5.82 Å². The van der Waals surface area contributed by atoms with E-state index in [1.54, 1.807) is 12.1 Å². The third-order valence-electron chi connectivity index (χ3n) is 6.66. The van der Waals surface area contributed by atoms with Crippen molar-refractivity contribution in [2.24, 2.45) is 0 Å². The minimum atomic E-state index is -0.418. The minimum Gasteiger partial charge on any atom is -0.494 e. The van der Waals surface area contributed by atoms with Crippen molar-refractivity contribution < 1.29 is 18.3 Å². The summed E-state index contributed by atoms with van der Waals surface area (Å²) in [6.45, 7) is 5.03. The van der Waals surface area contributed by atoms with Gasteiger partial charge in [-0.1, -0.05) is 11.6 Å². The van der Waals surface area contributed by atoms with Gasteiger partial charge in [-0.25, -0.2) is 19.3 Å². The molecule has 5 aromatic rings. The predicted octanol–water partition coefficient (Wildman–Crippen LogP) is 6.46. The highest BCUT2D eigenvalue weighted by atomic mass is 35.5. The molecule has 0 amide bonds. The van der Waals surface area contributed by atoms with Gasteiger partial charge in [0.15, 0.2) is 11.4 Å². The lowest BCUT2D eigenvalue weighted by atomic mass is 10.2. The zero-order valence-electron chi connectivity index (χ0n) is 21.7. The van der Waals surface area contributed by atoms with Gasteiger partial charge in [-0.15, -0.1) is 0 Å². The van der Waals surface area contributed by atoms with E-state index < -0.39 is 5.82 Å². The molecule has 1 saturated heterocycles. The van der Waals surface area contributed by atoms with Gasteiger partial charge in [-0.05, 0) is 67.1 Å². The summed E-state index contributed by atoms with van der Waals surface area (Å²) >= 11 is 5.95. The molecular weight excluding hydrogens is 533 g/mol. The minimum absolute atomic E-state index is 0.418. The molecule has 0 atom stereocenters. The number of oxazole rings is 1. The lowest BCUT2D eigenvalue weighted by Gasteiger charge is -2.34. The fraction of sp³-hybridized carbons (Fsp3) is 0.233. The number of benzene rings is 3. The largest absolute Gasteiger partial charge is 0.494 e. The smallest absolute Gasteiger partial charge is 0.227 e. The van der Waals surface area contributed by atoms with Crippen LogP contribution in [0.3, 0.4) is 0 Å². The van der Waals surface area contributed by atoms with Crippen LogP contribution in [0.5, 0.6) is 17.2 Å². The van der Waals surface area contributed by atoms with Gasteiger partial charge < -0.3 is 18.8 Å². The van der Waals surface area contributed by atoms with Crippen LogP contribution < -0.4 is 14.4 Å². The standard InChI is InChI=1S/C30H27ClFN5O3/c31-22-4-8-25(9-5-22)39-26-10-11-28-27(18-26)35-29(40-28)21-2-6-24(7-3-21)38-17-1-12-36-13-15-37(16-14-36)30-33-19-23(32)20-34-30/h2-11,18-20H,1,12-17H2. The molecule has 1 aliphatic heterocycles. The Balaban J connectivity index is 0.971. The van der Waals surface area contributed by atoms with Crippen LogP contribution in [0.25, 0.3) is 22.6 Å². The van der Waals surface area contributed by atoms with Crippen LogP contribution in [0.1, 0.15) is 6.42 Å². The second-order valence-corrected chi connectivity index (χ2v) is 9.90. The van der Waals surface area contributed by atoms with Gasteiger partial charge in [0, 0.05) is 49.4 Å². The van der Waals surface area contributed by atoms with Crippen LogP contribution in [0.4, 0.5) is 10.3 Å².